The first-order chi connectivity index (χ1) is 7.36. The zero-order valence-electron chi connectivity index (χ0n) is 9.65. The van der Waals surface area contributed by atoms with Crippen molar-refractivity contribution in [1.82, 2.24) is 4.90 Å². The van der Waals surface area contributed by atoms with Crippen LogP contribution in [0.4, 0.5) is 0 Å². The van der Waals surface area contributed by atoms with E-state index in [4.69, 9.17) is 14.6 Å². The third kappa shape index (κ3) is 5.47. The molecule has 0 amide bonds. The lowest BCUT2D eigenvalue weighted by Crippen LogP contribution is -2.38. The van der Waals surface area contributed by atoms with Gasteiger partial charge in [-0.2, -0.15) is 0 Å². The van der Waals surface area contributed by atoms with Gasteiger partial charge in [0.1, 0.15) is 0 Å². The molecule has 1 saturated heterocycles. The van der Waals surface area contributed by atoms with E-state index in [9.17, 15) is 0 Å². The second kappa shape index (κ2) is 8.05. The number of rotatable bonds is 7. The number of nitrogens with zero attached hydrogens (tertiary/aromatic N) is 1. The number of likely N-dealkylation sites (tertiary alicyclic amines) is 1. The van der Waals surface area contributed by atoms with E-state index in [1.165, 1.54) is 0 Å². The van der Waals surface area contributed by atoms with Crippen molar-refractivity contribution in [3.63, 3.8) is 0 Å². The molecule has 0 atom stereocenters. The van der Waals surface area contributed by atoms with Crippen LogP contribution in [0.3, 0.4) is 0 Å². The molecule has 1 fully saturated rings. The number of piperidine rings is 1. The predicted octanol–water partition coefficient (Wildman–Crippen LogP) is 0.496. The first-order valence-electron chi connectivity index (χ1n) is 5.80. The fourth-order valence-corrected chi connectivity index (χ4v) is 1.89. The van der Waals surface area contributed by atoms with Crippen LogP contribution in [0.5, 0.6) is 0 Å². The Hall–Kier alpha value is -0.160. The topological polar surface area (TPSA) is 41.9 Å². The van der Waals surface area contributed by atoms with Crippen molar-refractivity contribution in [2.24, 2.45) is 0 Å². The Morgan fingerprint density at radius 1 is 1.27 bits per heavy atom. The first kappa shape index (κ1) is 12.9. The van der Waals surface area contributed by atoms with E-state index in [0.717, 1.165) is 38.9 Å². The maximum atomic E-state index is 8.73. The van der Waals surface area contributed by atoms with Gasteiger partial charge in [-0.05, 0) is 19.3 Å². The molecular formula is C11H23NO3. The molecule has 1 N–H and O–H groups in total. The summed E-state index contributed by atoms with van der Waals surface area (Å²) < 4.78 is 10.6. The van der Waals surface area contributed by atoms with Crippen molar-refractivity contribution in [2.75, 3.05) is 46.6 Å². The Bertz CT molecular complexity index is 147. The quantitative estimate of drug-likeness (QED) is 0.630. The molecule has 0 bridgehead atoms. The van der Waals surface area contributed by atoms with Gasteiger partial charge in [-0.15, -0.1) is 0 Å². The van der Waals surface area contributed by atoms with Crippen LogP contribution in [0.15, 0.2) is 0 Å². The van der Waals surface area contributed by atoms with Crippen LogP contribution < -0.4 is 0 Å². The van der Waals surface area contributed by atoms with Crippen molar-refractivity contribution in [2.45, 2.75) is 25.4 Å². The monoisotopic (exact) mass is 217 g/mol. The van der Waals surface area contributed by atoms with Crippen LogP contribution in [-0.2, 0) is 9.47 Å². The number of aliphatic hydroxyl groups is 1. The second-order valence-corrected chi connectivity index (χ2v) is 3.98. The summed E-state index contributed by atoms with van der Waals surface area (Å²) in [4.78, 5) is 2.40. The van der Waals surface area contributed by atoms with Gasteiger partial charge in [0.25, 0.3) is 0 Å². The Kier molecular flexibility index (Phi) is 6.92. The molecule has 15 heavy (non-hydrogen) atoms. The summed E-state index contributed by atoms with van der Waals surface area (Å²) in [5.74, 6) is 0. The van der Waals surface area contributed by atoms with Crippen LogP contribution >= 0.6 is 0 Å². The average molecular weight is 217 g/mol. The van der Waals surface area contributed by atoms with Crippen molar-refractivity contribution < 1.29 is 14.6 Å². The van der Waals surface area contributed by atoms with Gasteiger partial charge in [-0.1, -0.05) is 0 Å². The van der Waals surface area contributed by atoms with Gasteiger partial charge in [-0.3, -0.25) is 0 Å². The van der Waals surface area contributed by atoms with E-state index >= 15 is 0 Å². The van der Waals surface area contributed by atoms with Gasteiger partial charge >= 0.3 is 0 Å². The minimum Gasteiger partial charge on any atom is -0.396 e. The zero-order valence-corrected chi connectivity index (χ0v) is 9.65. The minimum atomic E-state index is 0.296. The maximum absolute atomic E-state index is 8.73. The Labute approximate surface area is 92.2 Å². The smallest absolute Gasteiger partial charge is 0.0704 e. The minimum absolute atomic E-state index is 0.296. The second-order valence-electron chi connectivity index (χ2n) is 3.98. The van der Waals surface area contributed by atoms with Crippen molar-refractivity contribution in [3.05, 3.63) is 0 Å². The normalized spacial score (nSPS) is 19.6. The van der Waals surface area contributed by atoms with Crippen LogP contribution in [-0.4, -0.2) is 62.7 Å². The number of aliphatic hydroxyl groups excluding tert-OH is 1. The number of methoxy groups -OCH3 is 1. The SMILES string of the molecule is COCCOC1CCN(CCCO)CC1. The zero-order chi connectivity index (χ0) is 10.9. The van der Waals surface area contributed by atoms with Gasteiger partial charge in [0.05, 0.1) is 19.3 Å². The van der Waals surface area contributed by atoms with Crippen LogP contribution in [0.2, 0.25) is 0 Å². The molecular weight excluding hydrogens is 194 g/mol. The third-order valence-electron chi connectivity index (χ3n) is 2.81. The van der Waals surface area contributed by atoms with Gasteiger partial charge in [0.2, 0.25) is 0 Å². The standard InChI is InChI=1S/C11H23NO3/c1-14-9-10-15-11-3-6-12(7-4-11)5-2-8-13/h11,13H,2-10H2,1H3. The number of hydrogen-bond donors (Lipinski definition) is 1. The molecule has 90 valence electrons. The average Bonchev–Trinajstić information content (AvgIpc) is 2.28. The number of hydrogen-bond acceptors (Lipinski definition) is 4. The highest BCUT2D eigenvalue weighted by Gasteiger charge is 2.18. The van der Waals surface area contributed by atoms with E-state index < -0.39 is 0 Å². The lowest BCUT2D eigenvalue weighted by atomic mass is 10.1. The van der Waals surface area contributed by atoms with E-state index in [0.29, 0.717) is 25.9 Å². The molecule has 0 saturated carbocycles. The summed E-state index contributed by atoms with van der Waals surface area (Å²) in [7, 11) is 1.70. The molecule has 0 aromatic rings. The molecule has 1 rings (SSSR count). The fourth-order valence-electron chi connectivity index (χ4n) is 1.89. The first-order valence-corrected chi connectivity index (χ1v) is 5.80. The van der Waals surface area contributed by atoms with Crippen LogP contribution in [0.25, 0.3) is 0 Å². The van der Waals surface area contributed by atoms with Gasteiger partial charge in [-0.25, -0.2) is 0 Å². The molecule has 0 aliphatic carbocycles. The molecule has 1 heterocycles. The lowest BCUT2D eigenvalue weighted by Gasteiger charge is -2.31. The molecule has 1 aliphatic rings. The Balaban J connectivity index is 2.02. The summed E-state index contributed by atoms with van der Waals surface area (Å²) in [6.07, 6.45) is 3.50. The molecule has 1 aliphatic heterocycles. The highest BCUT2D eigenvalue weighted by atomic mass is 16.5. The number of ether oxygens (including phenoxy) is 2. The van der Waals surface area contributed by atoms with Crippen molar-refractivity contribution in [1.29, 1.82) is 0 Å². The van der Waals surface area contributed by atoms with E-state index in [2.05, 4.69) is 4.90 Å². The highest BCUT2D eigenvalue weighted by molar-refractivity contribution is 4.72. The largest absolute Gasteiger partial charge is 0.396 e. The highest BCUT2D eigenvalue weighted by Crippen LogP contribution is 2.13. The molecule has 0 radical (unpaired) electrons. The summed E-state index contributed by atoms with van der Waals surface area (Å²) in [6, 6.07) is 0. The summed E-state index contributed by atoms with van der Waals surface area (Å²) in [5.41, 5.74) is 0. The van der Waals surface area contributed by atoms with Crippen molar-refractivity contribution >= 4 is 0 Å². The van der Waals surface area contributed by atoms with Crippen molar-refractivity contribution in [3.8, 4) is 0 Å². The molecule has 0 aromatic heterocycles. The Morgan fingerprint density at radius 2 is 2.00 bits per heavy atom. The van der Waals surface area contributed by atoms with Gasteiger partial charge in [0, 0.05) is 33.4 Å². The fraction of sp³-hybridized carbons (Fsp3) is 1.00. The van der Waals surface area contributed by atoms with Gasteiger partial charge in [0.15, 0.2) is 0 Å². The molecule has 0 spiro atoms. The lowest BCUT2D eigenvalue weighted by molar-refractivity contribution is -0.0151. The van der Waals surface area contributed by atoms with E-state index in [1.807, 2.05) is 0 Å². The molecule has 0 unspecified atom stereocenters. The summed E-state index contributed by atoms with van der Waals surface area (Å²) in [6.45, 7) is 4.89. The molecule has 0 aromatic carbocycles. The molecule has 4 nitrogen and oxygen atoms in total. The van der Waals surface area contributed by atoms with Crippen LogP contribution in [0.1, 0.15) is 19.3 Å². The summed E-state index contributed by atoms with van der Waals surface area (Å²) in [5, 5.41) is 8.73. The summed E-state index contributed by atoms with van der Waals surface area (Å²) >= 11 is 0. The van der Waals surface area contributed by atoms with E-state index in [1.54, 1.807) is 7.11 Å². The molecule has 4 heteroatoms. The maximum Gasteiger partial charge on any atom is 0.0704 e. The van der Waals surface area contributed by atoms with E-state index in [-0.39, 0.29) is 0 Å². The van der Waals surface area contributed by atoms with Crippen LogP contribution in [0, 0.1) is 0 Å². The van der Waals surface area contributed by atoms with Gasteiger partial charge < -0.3 is 19.5 Å². The predicted molar refractivity (Wildman–Crippen MR) is 59.0 cm³/mol. The third-order valence-corrected chi connectivity index (χ3v) is 2.81. The Morgan fingerprint density at radius 3 is 2.60 bits per heavy atom.